The topological polar surface area (TPSA) is 55.6 Å². The third-order valence-corrected chi connectivity index (χ3v) is 4.49. The van der Waals surface area contributed by atoms with Gasteiger partial charge in [0.1, 0.15) is 6.10 Å². The molecule has 0 unspecified atom stereocenters. The molecule has 1 aliphatic rings. The minimum Gasteiger partial charge on any atom is -0.364 e. The monoisotopic (exact) mass is 304 g/mol. The van der Waals surface area contributed by atoms with Crippen molar-refractivity contribution < 1.29 is 9.53 Å². The fraction of sp³-hybridized carbons (Fsp3) is 0.611. The zero-order valence-corrected chi connectivity index (χ0v) is 14.1. The van der Waals surface area contributed by atoms with Crippen LogP contribution < -0.4 is 5.73 Å². The van der Waals surface area contributed by atoms with E-state index in [2.05, 4.69) is 45.0 Å². The Balaban J connectivity index is 1.99. The van der Waals surface area contributed by atoms with Gasteiger partial charge in [0.15, 0.2) is 0 Å². The summed E-state index contributed by atoms with van der Waals surface area (Å²) in [6.07, 6.45) is 1.36. The molecule has 22 heavy (non-hydrogen) atoms. The third-order valence-electron chi connectivity index (χ3n) is 4.49. The minimum absolute atomic E-state index is 0.0347. The lowest BCUT2D eigenvalue weighted by Crippen LogP contribution is -2.43. The lowest BCUT2D eigenvalue weighted by atomic mass is 9.83. The summed E-state index contributed by atoms with van der Waals surface area (Å²) in [5.74, 6) is 0.0659. The van der Waals surface area contributed by atoms with Gasteiger partial charge in [-0.1, -0.05) is 43.7 Å². The van der Waals surface area contributed by atoms with Crippen LogP contribution in [0.4, 0.5) is 0 Å². The number of nitrogens with zero attached hydrogens (tertiary/aromatic N) is 1. The molecule has 2 rings (SSSR count). The molecule has 0 spiro atoms. The molecule has 1 heterocycles. The van der Waals surface area contributed by atoms with Crippen LogP contribution in [-0.4, -0.2) is 43.2 Å². The van der Waals surface area contributed by atoms with Crippen LogP contribution >= 0.6 is 0 Å². The second kappa shape index (κ2) is 6.80. The molecule has 2 atom stereocenters. The van der Waals surface area contributed by atoms with Gasteiger partial charge < -0.3 is 15.4 Å². The highest BCUT2D eigenvalue weighted by Gasteiger charge is 2.33. The van der Waals surface area contributed by atoms with E-state index in [4.69, 9.17) is 10.5 Å². The third kappa shape index (κ3) is 3.87. The van der Waals surface area contributed by atoms with Crippen LogP contribution in [0.1, 0.15) is 37.8 Å². The van der Waals surface area contributed by atoms with Crippen LogP contribution in [0.15, 0.2) is 24.3 Å². The van der Waals surface area contributed by atoms with Crippen LogP contribution in [0.25, 0.3) is 0 Å². The first-order valence-electron chi connectivity index (χ1n) is 8.01. The molecule has 1 saturated heterocycles. The zero-order valence-electron chi connectivity index (χ0n) is 14.1. The summed E-state index contributed by atoms with van der Waals surface area (Å²) in [4.78, 5) is 14.3. The Morgan fingerprint density at radius 3 is 2.50 bits per heavy atom. The molecule has 1 aromatic rings. The molecule has 0 aromatic heterocycles. The molecule has 1 fully saturated rings. The molecule has 1 aromatic carbocycles. The van der Waals surface area contributed by atoms with Gasteiger partial charge in [0.2, 0.25) is 0 Å². The molecule has 0 radical (unpaired) electrons. The Hall–Kier alpha value is -1.39. The second-order valence-corrected chi connectivity index (χ2v) is 7.00. The maximum atomic E-state index is 12.5. The van der Waals surface area contributed by atoms with Crippen molar-refractivity contribution in [3.8, 4) is 0 Å². The van der Waals surface area contributed by atoms with E-state index in [1.54, 1.807) is 4.90 Å². The quantitative estimate of drug-likeness (QED) is 0.907. The predicted molar refractivity (Wildman–Crippen MR) is 88.8 cm³/mol. The largest absolute Gasteiger partial charge is 0.364 e. The van der Waals surface area contributed by atoms with Crippen molar-refractivity contribution in [2.45, 2.75) is 51.2 Å². The number of amides is 1. The van der Waals surface area contributed by atoms with Gasteiger partial charge in [-0.25, -0.2) is 0 Å². The van der Waals surface area contributed by atoms with Gasteiger partial charge in [-0.2, -0.15) is 0 Å². The molecule has 4 heteroatoms. The van der Waals surface area contributed by atoms with Crippen molar-refractivity contribution in [1.29, 1.82) is 0 Å². The first-order valence-corrected chi connectivity index (χ1v) is 8.01. The number of likely N-dealkylation sites (N-methyl/N-ethyl adjacent to an activating group) is 1. The Labute approximate surface area is 133 Å². The zero-order chi connectivity index (χ0) is 16.3. The SMILES string of the molecule is Cc1ccc(C(C)(C)CN(C)C(=O)[C@@H]2CC[C@H](CN)O2)cc1. The summed E-state index contributed by atoms with van der Waals surface area (Å²) < 4.78 is 5.71. The van der Waals surface area contributed by atoms with E-state index in [9.17, 15) is 4.79 Å². The predicted octanol–water partition coefficient (Wildman–Crippen LogP) is 2.24. The summed E-state index contributed by atoms with van der Waals surface area (Å²) in [5, 5.41) is 0. The molecule has 2 N–H and O–H groups in total. The number of carbonyl (C=O) groups is 1. The molecule has 0 bridgehead atoms. The summed E-state index contributed by atoms with van der Waals surface area (Å²) in [5.41, 5.74) is 8.01. The second-order valence-electron chi connectivity index (χ2n) is 7.00. The lowest BCUT2D eigenvalue weighted by molar-refractivity contribution is -0.142. The van der Waals surface area contributed by atoms with Crippen molar-refractivity contribution in [3.63, 3.8) is 0 Å². The number of benzene rings is 1. The van der Waals surface area contributed by atoms with Crippen molar-refractivity contribution in [2.24, 2.45) is 5.73 Å². The van der Waals surface area contributed by atoms with E-state index >= 15 is 0 Å². The summed E-state index contributed by atoms with van der Waals surface area (Å²) in [6.45, 7) is 7.57. The smallest absolute Gasteiger partial charge is 0.251 e. The number of hydrogen-bond donors (Lipinski definition) is 1. The normalized spacial score (nSPS) is 21.9. The Morgan fingerprint density at radius 1 is 1.32 bits per heavy atom. The number of aryl methyl sites for hydroxylation is 1. The molecule has 122 valence electrons. The van der Waals surface area contributed by atoms with Gasteiger partial charge >= 0.3 is 0 Å². The summed E-state index contributed by atoms with van der Waals surface area (Å²) in [7, 11) is 1.86. The maximum absolute atomic E-state index is 12.5. The van der Waals surface area contributed by atoms with E-state index < -0.39 is 0 Å². The average Bonchev–Trinajstić information content (AvgIpc) is 2.95. The highest BCUT2D eigenvalue weighted by atomic mass is 16.5. The van der Waals surface area contributed by atoms with Gasteiger partial charge in [-0.15, -0.1) is 0 Å². The van der Waals surface area contributed by atoms with Crippen LogP contribution in [0.5, 0.6) is 0 Å². The van der Waals surface area contributed by atoms with Crippen LogP contribution in [0, 0.1) is 6.92 Å². The fourth-order valence-electron chi connectivity index (χ4n) is 3.07. The highest BCUT2D eigenvalue weighted by Crippen LogP contribution is 2.26. The first kappa shape index (κ1) is 17.0. The van der Waals surface area contributed by atoms with Crippen LogP contribution in [0.3, 0.4) is 0 Å². The lowest BCUT2D eigenvalue weighted by Gasteiger charge is -2.32. The van der Waals surface area contributed by atoms with Crippen LogP contribution in [-0.2, 0) is 14.9 Å². The summed E-state index contributed by atoms with van der Waals surface area (Å²) in [6, 6.07) is 8.52. The van der Waals surface area contributed by atoms with E-state index in [1.165, 1.54) is 11.1 Å². The highest BCUT2D eigenvalue weighted by molar-refractivity contribution is 5.81. The van der Waals surface area contributed by atoms with Gasteiger partial charge in [-0.05, 0) is 25.3 Å². The Kier molecular flexibility index (Phi) is 5.24. The van der Waals surface area contributed by atoms with Gasteiger partial charge in [-0.3, -0.25) is 4.79 Å². The molecular weight excluding hydrogens is 276 g/mol. The summed E-state index contributed by atoms with van der Waals surface area (Å²) >= 11 is 0. The van der Waals surface area contributed by atoms with Crippen molar-refractivity contribution in [3.05, 3.63) is 35.4 Å². The average molecular weight is 304 g/mol. The number of nitrogens with two attached hydrogens (primary N) is 1. The van der Waals surface area contributed by atoms with Gasteiger partial charge in [0.25, 0.3) is 5.91 Å². The van der Waals surface area contributed by atoms with E-state index in [1.807, 2.05) is 7.05 Å². The first-order chi connectivity index (χ1) is 10.3. The van der Waals surface area contributed by atoms with Crippen LogP contribution in [0.2, 0.25) is 0 Å². The number of rotatable bonds is 5. The van der Waals surface area contributed by atoms with Crippen molar-refractivity contribution >= 4 is 5.91 Å². The minimum atomic E-state index is -0.327. The van der Waals surface area contributed by atoms with E-state index in [0.717, 1.165) is 12.8 Å². The van der Waals surface area contributed by atoms with Crippen molar-refractivity contribution in [1.82, 2.24) is 4.90 Å². The molecule has 4 nitrogen and oxygen atoms in total. The Bertz CT molecular complexity index is 510. The van der Waals surface area contributed by atoms with E-state index in [0.29, 0.717) is 13.1 Å². The Morgan fingerprint density at radius 2 is 1.95 bits per heavy atom. The fourth-order valence-corrected chi connectivity index (χ4v) is 3.07. The van der Waals surface area contributed by atoms with Gasteiger partial charge in [0, 0.05) is 25.6 Å². The number of carbonyl (C=O) groups excluding carboxylic acids is 1. The molecular formula is C18H28N2O2. The molecule has 1 aliphatic heterocycles. The number of hydrogen-bond acceptors (Lipinski definition) is 3. The number of ether oxygens (including phenoxy) is 1. The molecule has 0 aliphatic carbocycles. The maximum Gasteiger partial charge on any atom is 0.251 e. The standard InChI is InChI=1S/C18H28N2O2/c1-13-5-7-14(8-6-13)18(2,3)12-20(4)17(21)16-10-9-15(11-19)22-16/h5-8,15-16H,9-12,19H2,1-4H3/t15-,16+/m1/s1. The van der Waals surface area contributed by atoms with Crippen molar-refractivity contribution in [2.75, 3.05) is 20.1 Å². The van der Waals surface area contributed by atoms with Gasteiger partial charge in [0.05, 0.1) is 6.10 Å². The molecule has 1 amide bonds. The van der Waals surface area contributed by atoms with E-state index in [-0.39, 0.29) is 23.5 Å². The molecule has 0 saturated carbocycles.